The Kier molecular flexibility index (Phi) is 4.98. The molecular weight excluding hydrogens is 416 g/mol. The summed E-state index contributed by atoms with van der Waals surface area (Å²) in [6, 6.07) is 9.25. The second-order valence-electron chi connectivity index (χ2n) is 7.88. The van der Waals surface area contributed by atoms with Crippen molar-refractivity contribution in [1.29, 1.82) is 0 Å². The predicted octanol–water partition coefficient (Wildman–Crippen LogP) is 5.05. The molecule has 1 aliphatic rings. The number of aromatic nitrogens is 3. The van der Waals surface area contributed by atoms with Crippen molar-refractivity contribution in [3.63, 3.8) is 0 Å². The smallest absolute Gasteiger partial charge is 0.258 e. The molecule has 0 N–H and O–H groups in total. The molecule has 1 saturated heterocycles. The maximum Gasteiger partial charge on any atom is 0.258 e. The average Bonchev–Trinajstić information content (AvgIpc) is 3.49. The first-order valence-electron chi connectivity index (χ1n) is 10.2. The van der Waals surface area contributed by atoms with Gasteiger partial charge in [-0.2, -0.15) is 0 Å². The summed E-state index contributed by atoms with van der Waals surface area (Å²) in [5, 5.41) is 5.35. The molecule has 158 valence electrons. The number of aryl methyl sites for hydroxylation is 2. The van der Waals surface area contributed by atoms with Gasteiger partial charge in [-0.1, -0.05) is 28.9 Å². The zero-order valence-electron chi connectivity index (χ0n) is 17.3. The maximum atomic E-state index is 13.5. The van der Waals surface area contributed by atoms with E-state index in [0.29, 0.717) is 51.9 Å². The Morgan fingerprint density at radius 2 is 2.06 bits per heavy atom. The van der Waals surface area contributed by atoms with E-state index in [0.717, 1.165) is 24.2 Å². The molecule has 0 spiro atoms. The molecule has 0 radical (unpaired) electrons. The number of amides is 1. The molecule has 7 nitrogen and oxygen atoms in total. The third kappa shape index (κ3) is 3.70. The van der Waals surface area contributed by atoms with Gasteiger partial charge < -0.3 is 13.8 Å². The monoisotopic (exact) mass is 436 g/mol. The molecule has 4 aromatic rings. The lowest BCUT2D eigenvalue weighted by Gasteiger charge is -2.22. The van der Waals surface area contributed by atoms with Gasteiger partial charge >= 0.3 is 0 Å². The van der Waals surface area contributed by atoms with Crippen LogP contribution in [0.1, 0.15) is 57.8 Å². The van der Waals surface area contributed by atoms with Gasteiger partial charge in [0.25, 0.3) is 11.6 Å². The van der Waals surface area contributed by atoms with Crippen molar-refractivity contribution in [3.05, 3.63) is 75.7 Å². The van der Waals surface area contributed by atoms with E-state index >= 15 is 0 Å². The van der Waals surface area contributed by atoms with Gasteiger partial charge in [-0.15, -0.1) is 0 Å². The summed E-state index contributed by atoms with van der Waals surface area (Å²) in [4.78, 5) is 24.2. The number of benzene rings is 1. The normalized spacial score (nSPS) is 16.4. The van der Waals surface area contributed by atoms with Gasteiger partial charge in [0.2, 0.25) is 5.89 Å². The summed E-state index contributed by atoms with van der Waals surface area (Å²) in [7, 11) is 0. The topological polar surface area (TPSA) is 85.3 Å². The first kappa shape index (κ1) is 19.8. The molecule has 8 heteroatoms. The number of likely N-dealkylation sites (tertiary alicyclic amines) is 1. The molecule has 1 aromatic carbocycles. The van der Waals surface area contributed by atoms with Crippen LogP contribution >= 0.6 is 11.6 Å². The van der Waals surface area contributed by atoms with Crippen LogP contribution in [-0.2, 0) is 6.42 Å². The number of rotatable bonds is 4. The SMILES string of the molecule is Cc1cc(C(=O)N2CCC[C@@H]2c2ncc(Cc3ccc(Cl)cc3)o2)c2c(C)noc2n1. The molecule has 3 aromatic heterocycles. The number of pyridine rings is 1. The van der Waals surface area contributed by atoms with Crippen LogP contribution in [0.2, 0.25) is 5.02 Å². The van der Waals surface area contributed by atoms with Gasteiger partial charge in [0, 0.05) is 23.7 Å². The number of carbonyl (C=O) groups excluding carboxylic acids is 1. The van der Waals surface area contributed by atoms with Gasteiger partial charge in [0.1, 0.15) is 11.8 Å². The van der Waals surface area contributed by atoms with Crippen molar-refractivity contribution in [2.45, 2.75) is 39.2 Å². The van der Waals surface area contributed by atoms with Gasteiger partial charge in [-0.3, -0.25) is 4.79 Å². The summed E-state index contributed by atoms with van der Waals surface area (Å²) in [5.41, 5.74) is 3.40. The molecule has 31 heavy (non-hydrogen) atoms. The summed E-state index contributed by atoms with van der Waals surface area (Å²) in [6.45, 7) is 4.30. The van der Waals surface area contributed by atoms with E-state index in [1.807, 2.05) is 43.0 Å². The standard InChI is InChI=1S/C23H21ClN4O3/c1-13-10-18(20-14(2)27-31-22(20)26-13)23(29)28-9-3-4-19(28)21-25-12-17(30-21)11-15-5-7-16(24)8-6-15/h5-8,10,12,19H,3-4,9,11H2,1-2H3/t19-/m1/s1. The number of halogens is 1. The highest BCUT2D eigenvalue weighted by atomic mass is 35.5. The molecule has 0 aliphatic carbocycles. The van der Waals surface area contributed by atoms with Crippen LogP contribution in [-0.4, -0.2) is 32.5 Å². The van der Waals surface area contributed by atoms with E-state index in [-0.39, 0.29) is 11.9 Å². The Labute approximate surface area is 184 Å². The lowest BCUT2D eigenvalue weighted by atomic mass is 10.1. The molecule has 0 saturated carbocycles. The number of fused-ring (bicyclic) bond motifs is 1. The Morgan fingerprint density at radius 3 is 2.87 bits per heavy atom. The Hall–Kier alpha value is -3.19. The lowest BCUT2D eigenvalue weighted by molar-refractivity contribution is 0.0716. The second kappa shape index (κ2) is 7.81. The van der Waals surface area contributed by atoms with Crippen LogP contribution in [0.25, 0.3) is 11.1 Å². The van der Waals surface area contributed by atoms with E-state index in [2.05, 4.69) is 15.1 Å². The largest absolute Gasteiger partial charge is 0.443 e. The Bertz CT molecular complexity index is 1260. The van der Waals surface area contributed by atoms with Crippen molar-refractivity contribution in [1.82, 2.24) is 20.0 Å². The molecule has 1 atom stereocenters. The van der Waals surface area contributed by atoms with Crippen molar-refractivity contribution in [2.24, 2.45) is 0 Å². The van der Waals surface area contributed by atoms with Crippen LogP contribution in [0.15, 0.2) is 45.5 Å². The molecule has 0 bridgehead atoms. The molecule has 1 fully saturated rings. The molecule has 0 unspecified atom stereocenters. The number of hydrogen-bond acceptors (Lipinski definition) is 6. The zero-order chi connectivity index (χ0) is 21.5. The van der Waals surface area contributed by atoms with E-state index < -0.39 is 0 Å². The highest BCUT2D eigenvalue weighted by Crippen LogP contribution is 2.34. The zero-order valence-corrected chi connectivity index (χ0v) is 18.0. The fraction of sp³-hybridized carbons (Fsp3) is 0.304. The second-order valence-corrected chi connectivity index (χ2v) is 8.32. The summed E-state index contributed by atoms with van der Waals surface area (Å²) in [6.07, 6.45) is 4.06. The van der Waals surface area contributed by atoms with Crippen LogP contribution in [0.4, 0.5) is 0 Å². The van der Waals surface area contributed by atoms with Crippen molar-refractivity contribution in [3.8, 4) is 0 Å². The number of hydrogen-bond donors (Lipinski definition) is 0. The summed E-state index contributed by atoms with van der Waals surface area (Å²) in [5.74, 6) is 1.24. The summed E-state index contributed by atoms with van der Waals surface area (Å²) >= 11 is 5.96. The minimum absolute atomic E-state index is 0.0817. The minimum Gasteiger partial charge on any atom is -0.443 e. The highest BCUT2D eigenvalue weighted by Gasteiger charge is 2.35. The van der Waals surface area contributed by atoms with Crippen LogP contribution in [0.3, 0.4) is 0 Å². The fourth-order valence-corrected chi connectivity index (χ4v) is 4.30. The van der Waals surface area contributed by atoms with Crippen LogP contribution < -0.4 is 0 Å². The average molecular weight is 437 g/mol. The van der Waals surface area contributed by atoms with E-state index in [1.54, 1.807) is 12.3 Å². The highest BCUT2D eigenvalue weighted by molar-refractivity contribution is 6.30. The minimum atomic E-state index is -0.199. The number of nitrogens with zero attached hydrogens (tertiary/aromatic N) is 4. The van der Waals surface area contributed by atoms with Crippen LogP contribution in [0, 0.1) is 13.8 Å². The predicted molar refractivity (Wildman–Crippen MR) is 115 cm³/mol. The first-order valence-corrected chi connectivity index (χ1v) is 10.6. The van der Waals surface area contributed by atoms with E-state index in [1.165, 1.54) is 0 Å². The molecule has 5 rings (SSSR count). The lowest BCUT2D eigenvalue weighted by Crippen LogP contribution is -2.31. The summed E-state index contributed by atoms with van der Waals surface area (Å²) < 4.78 is 11.3. The quantitative estimate of drug-likeness (QED) is 0.445. The van der Waals surface area contributed by atoms with Gasteiger partial charge in [0.15, 0.2) is 0 Å². The number of oxazole rings is 1. The van der Waals surface area contributed by atoms with Crippen molar-refractivity contribution < 1.29 is 13.7 Å². The van der Waals surface area contributed by atoms with E-state index in [9.17, 15) is 4.79 Å². The van der Waals surface area contributed by atoms with Crippen molar-refractivity contribution >= 4 is 28.6 Å². The Balaban J connectivity index is 1.42. The van der Waals surface area contributed by atoms with E-state index in [4.69, 9.17) is 20.5 Å². The third-order valence-corrected chi connectivity index (χ3v) is 5.89. The van der Waals surface area contributed by atoms with Gasteiger partial charge in [-0.05, 0) is 50.5 Å². The van der Waals surface area contributed by atoms with Crippen molar-refractivity contribution in [2.75, 3.05) is 6.54 Å². The third-order valence-electron chi connectivity index (χ3n) is 5.64. The molecule has 1 aliphatic heterocycles. The fourth-order valence-electron chi connectivity index (χ4n) is 4.17. The molecule has 4 heterocycles. The Morgan fingerprint density at radius 1 is 1.26 bits per heavy atom. The number of carbonyl (C=O) groups is 1. The molecular formula is C23H21ClN4O3. The van der Waals surface area contributed by atoms with Crippen LogP contribution in [0.5, 0.6) is 0 Å². The first-order chi connectivity index (χ1) is 15.0. The maximum absolute atomic E-state index is 13.5. The van der Waals surface area contributed by atoms with Gasteiger partial charge in [-0.25, -0.2) is 9.97 Å². The van der Waals surface area contributed by atoms with Gasteiger partial charge in [0.05, 0.1) is 22.8 Å². The molecule has 1 amide bonds.